The quantitative estimate of drug-likeness (QED) is 0.358. The van der Waals surface area contributed by atoms with Crippen LogP contribution in [-0.2, 0) is 0 Å². The Hall–Kier alpha value is -1.96. The zero-order valence-corrected chi connectivity index (χ0v) is 11.7. The zero-order valence-electron chi connectivity index (χ0n) is 9.58. The largest absolute Gasteiger partial charge is 0.545 e. The molecule has 6 heteroatoms. The van der Waals surface area contributed by atoms with Crippen LogP contribution in [0, 0.1) is 17.3 Å². The van der Waals surface area contributed by atoms with Crippen LogP contribution < -0.4 is 26.3 Å². The minimum Gasteiger partial charge on any atom is -0.545 e. The minimum absolute atomic E-state index is 0.0918. The molecule has 0 spiro atoms. The van der Waals surface area contributed by atoms with Crippen molar-refractivity contribution < 1.29 is 36.0 Å². The number of carboxylic acids is 1. The predicted molar refractivity (Wildman–Crippen MR) is 61.3 cm³/mol. The molecule has 0 aliphatic rings. The monoisotopic (exact) mass is 369 g/mol. The van der Waals surface area contributed by atoms with Crippen LogP contribution in [0.25, 0.3) is 0 Å². The Kier molecular flexibility index (Phi) is 4.10. The van der Waals surface area contributed by atoms with Crippen molar-refractivity contribution in [2.75, 3.05) is 0 Å². The molecule has 5 nitrogen and oxygen atoms in total. The highest BCUT2D eigenvalue weighted by atomic mass is 127. The highest BCUT2D eigenvalue weighted by molar-refractivity contribution is 5.86. The van der Waals surface area contributed by atoms with Gasteiger partial charge in [0.2, 0.25) is 3.57 Å². The van der Waals surface area contributed by atoms with Crippen LogP contribution in [-0.4, -0.2) is 10.9 Å². The molecule has 2 aromatic rings. The number of halogens is 1. The first kappa shape index (κ1) is 13.5. The van der Waals surface area contributed by atoms with Crippen LogP contribution in [0.1, 0.15) is 10.4 Å². The number of carboxylic acid groups (broad SMARTS) is 1. The Bertz CT molecular complexity index is 628. The van der Waals surface area contributed by atoms with E-state index in [4.69, 9.17) is 0 Å². The van der Waals surface area contributed by atoms with Crippen molar-refractivity contribution in [3.63, 3.8) is 0 Å². The summed E-state index contributed by atoms with van der Waals surface area (Å²) in [6, 6.07) is 13.3. The van der Waals surface area contributed by atoms with Gasteiger partial charge in [-0.05, 0) is 18.2 Å². The van der Waals surface area contributed by atoms with Gasteiger partial charge in [-0.1, -0.05) is 18.2 Å². The summed E-state index contributed by atoms with van der Waals surface area (Å²) in [7, 11) is 0. The second kappa shape index (κ2) is 5.79. The van der Waals surface area contributed by atoms with E-state index >= 15 is 0 Å². The topological polar surface area (TPSA) is 83.3 Å². The molecule has 2 aromatic carbocycles. The molecular weight excluding hydrogens is 361 g/mol. The molecular formula is C13H8INO4. The van der Waals surface area contributed by atoms with E-state index in [1.165, 1.54) is 12.1 Å². The number of carbonyl (C=O) groups is 1. The molecule has 0 aromatic heterocycles. The van der Waals surface area contributed by atoms with Gasteiger partial charge in [0.05, 0.1) is 16.5 Å². The Morgan fingerprint density at radius 3 is 2.37 bits per heavy atom. The molecule has 0 radical (unpaired) electrons. The van der Waals surface area contributed by atoms with Gasteiger partial charge in [0.15, 0.2) is 3.57 Å². The highest BCUT2D eigenvalue weighted by Gasteiger charge is 2.23. The number of hydrogen-bond acceptors (Lipinski definition) is 4. The summed E-state index contributed by atoms with van der Waals surface area (Å²) in [6.45, 7) is 0. The Morgan fingerprint density at radius 2 is 1.79 bits per heavy atom. The molecule has 0 saturated carbocycles. The number of benzene rings is 2. The molecule has 0 N–H and O–H groups in total. The molecule has 0 unspecified atom stereocenters. The van der Waals surface area contributed by atoms with Gasteiger partial charge in [-0.3, -0.25) is 10.1 Å². The van der Waals surface area contributed by atoms with Crippen LogP contribution >= 0.6 is 0 Å². The molecule has 0 bridgehead atoms. The van der Waals surface area contributed by atoms with E-state index in [0.29, 0.717) is 3.57 Å². The van der Waals surface area contributed by atoms with E-state index in [-0.39, 0.29) is 11.3 Å². The van der Waals surface area contributed by atoms with Crippen molar-refractivity contribution >= 4 is 11.7 Å². The van der Waals surface area contributed by atoms with E-state index in [9.17, 15) is 20.0 Å². The first-order chi connectivity index (χ1) is 9.08. The van der Waals surface area contributed by atoms with Crippen LogP contribution in [0.3, 0.4) is 0 Å². The average Bonchev–Trinajstić information content (AvgIpc) is 2.39. The maximum Gasteiger partial charge on any atom is 0.358 e. The van der Waals surface area contributed by atoms with Crippen molar-refractivity contribution in [2.24, 2.45) is 0 Å². The van der Waals surface area contributed by atoms with Crippen molar-refractivity contribution in [3.8, 4) is 0 Å². The lowest BCUT2D eigenvalue weighted by atomic mass is 10.2. The summed E-state index contributed by atoms with van der Waals surface area (Å²) in [5, 5.41) is 21.7. The average molecular weight is 369 g/mol. The molecule has 0 amide bonds. The maximum absolute atomic E-state index is 11.1. The second-order valence-corrected chi connectivity index (χ2v) is 6.55. The molecule has 0 fully saturated rings. The highest BCUT2D eigenvalue weighted by Crippen LogP contribution is 2.12. The van der Waals surface area contributed by atoms with E-state index in [0.717, 1.165) is 9.64 Å². The van der Waals surface area contributed by atoms with Gasteiger partial charge in [-0.2, -0.15) is 0 Å². The van der Waals surface area contributed by atoms with E-state index < -0.39 is 32.1 Å². The minimum atomic E-state index is -1.38. The van der Waals surface area contributed by atoms with Crippen LogP contribution in [0.4, 0.5) is 5.69 Å². The third kappa shape index (κ3) is 3.28. The lowest BCUT2D eigenvalue weighted by molar-refractivity contribution is -0.598. The lowest BCUT2D eigenvalue weighted by Crippen LogP contribution is -3.61. The van der Waals surface area contributed by atoms with Crippen LogP contribution in [0.2, 0.25) is 0 Å². The number of carbonyl (C=O) groups excluding carboxylic acids is 1. The van der Waals surface area contributed by atoms with Gasteiger partial charge in [0, 0.05) is 12.1 Å². The number of nitrogens with zero attached hydrogens (tertiary/aromatic N) is 1. The molecule has 0 aliphatic heterocycles. The molecule has 96 valence electrons. The first-order valence-corrected chi connectivity index (χ1v) is 7.43. The van der Waals surface area contributed by atoms with Gasteiger partial charge < -0.3 is 9.90 Å². The van der Waals surface area contributed by atoms with E-state index in [1.54, 1.807) is 0 Å². The molecule has 2 rings (SSSR count). The third-order valence-electron chi connectivity index (χ3n) is 2.32. The summed E-state index contributed by atoms with van der Waals surface area (Å²) < 4.78 is 1.65. The zero-order chi connectivity index (χ0) is 13.8. The molecule has 19 heavy (non-hydrogen) atoms. The standard InChI is InChI=1S/C13H8INO4/c16-13(17)11-8-10(15(18)19)6-7-12(11)14-9-4-2-1-3-5-9/h1-8H. The first-order valence-electron chi connectivity index (χ1n) is 5.27. The SMILES string of the molecule is O=C([O-])c1cc([N+](=O)[O-])ccc1[I+]c1ccccc1. The van der Waals surface area contributed by atoms with Crippen molar-refractivity contribution in [3.05, 3.63) is 71.3 Å². The van der Waals surface area contributed by atoms with Crippen molar-refractivity contribution in [1.29, 1.82) is 0 Å². The Balaban J connectivity index is 2.40. The van der Waals surface area contributed by atoms with Crippen LogP contribution in [0.5, 0.6) is 0 Å². The summed E-state index contributed by atoms with van der Waals surface area (Å²) >= 11 is -0.703. The third-order valence-corrected chi connectivity index (χ3v) is 5.19. The molecule has 0 saturated heterocycles. The fraction of sp³-hybridized carbons (Fsp3) is 0. The number of non-ortho nitro benzene ring substituents is 1. The Labute approximate surface area is 119 Å². The van der Waals surface area contributed by atoms with E-state index in [1.807, 2.05) is 30.3 Å². The van der Waals surface area contributed by atoms with Gasteiger partial charge >= 0.3 is 21.2 Å². The summed E-state index contributed by atoms with van der Waals surface area (Å²) in [5.41, 5.74) is -0.328. The fourth-order valence-corrected chi connectivity index (χ4v) is 3.93. The normalized spacial score (nSPS) is 10.1. The number of nitro benzene ring substituents is 1. The Morgan fingerprint density at radius 1 is 1.11 bits per heavy atom. The van der Waals surface area contributed by atoms with Gasteiger partial charge in [-0.25, -0.2) is 0 Å². The molecule has 0 atom stereocenters. The predicted octanol–water partition coefficient (Wildman–Crippen LogP) is -1.91. The fourth-order valence-electron chi connectivity index (χ4n) is 1.46. The summed E-state index contributed by atoms with van der Waals surface area (Å²) in [4.78, 5) is 21.1. The molecule has 0 aliphatic carbocycles. The number of rotatable bonds is 4. The summed E-state index contributed by atoms with van der Waals surface area (Å²) in [6.07, 6.45) is 0. The number of hydrogen-bond donors (Lipinski definition) is 0. The maximum atomic E-state index is 11.1. The second-order valence-electron chi connectivity index (χ2n) is 3.60. The van der Waals surface area contributed by atoms with Crippen molar-refractivity contribution in [2.45, 2.75) is 0 Å². The van der Waals surface area contributed by atoms with E-state index in [2.05, 4.69) is 0 Å². The lowest BCUT2D eigenvalue weighted by Gasteiger charge is -2.01. The smallest absolute Gasteiger partial charge is 0.358 e. The van der Waals surface area contributed by atoms with Gasteiger partial charge in [-0.15, -0.1) is 0 Å². The van der Waals surface area contributed by atoms with Crippen molar-refractivity contribution in [1.82, 2.24) is 0 Å². The van der Waals surface area contributed by atoms with Gasteiger partial charge in [0.1, 0.15) is 0 Å². The number of nitro groups is 1. The van der Waals surface area contributed by atoms with Crippen LogP contribution in [0.15, 0.2) is 48.5 Å². The van der Waals surface area contributed by atoms with Gasteiger partial charge in [0.25, 0.3) is 5.69 Å². The number of aromatic carboxylic acids is 1. The summed E-state index contributed by atoms with van der Waals surface area (Å²) in [5.74, 6) is -1.38. The molecule has 0 heterocycles.